The molecule has 0 radical (unpaired) electrons. The highest BCUT2D eigenvalue weighted by Gasteiger charge is 2.00. The predicted molar refractivity (Wildman–Crippen MR) is 48.6 cm³/mol. The van der Waals surface area contributed by atoms with Crippen LogP contribution in [0.5, 0.6) is 0 Å². The third-order valence-electron chi connectivity index (χ3n) is 1.90. The van der Waals surface area contributed by atoms with Gasteiger partial charge in [0, 0.05) is 6.54 Å². The summed E-state index contributed by atoms with van der Waals surface area (Å²) in [6, 6.07) is 0. The van der Waals surface area contributed by atoms with E-state index >= 15 is 0 Å². The number of nitrogens with zero attached hydrogens (tertiary/aromatic N) is 2. The SMILES string of the molecule is CCCC[n+]1ccn(CCN)c1.[Cl-]. The Morgan fingerprint density at radius 2 is 2.23 bits per heavy atom. The van der Waals surface area contributed by atoms with Crippen LogP contribution < -0.4 is 22.7 Å². The fourth-order valence-corrected chi connectivity index (χ4v) is 1.19. The normalized spacial score (nSPS) is 9.69. The van der Waals surface area contributed by atoms with Crippen molar-refractivity contribution in [2.75, 3.05) is 6.54 Å². The molecule has 0 bridgehead atoms. The van der Waals surface area contributed by atoms with E-state index < -0.39 is 0 Å². The minimum absolute atomic E-state index is 0. The van der Waals surface area contributed by atoms with Crippen molar-refractivity contribution in [3.05, 3.63) is 18.7 Å². The number of halogens is 1. The van der Waals surface area contributed by atoms with Crippen molar-refractivity contribution in [1.82, 2.24) is 4.57 Å². The largest absolute Gasteiger partial charge is 1.00 e. The number of unbranched alkanes of at least 4 members (excludes halogenated alkanes) is 1. The number of aromatic nitrogens is 2. The van der Waals surface area contributed by atoms with Crippen LogP contribution in [0.25, 0.3) is 0 Å². The summed E-state index contributed by atoms with van der Waals surface area (Å²) in [6.45, 7) is 4.95. The van der Waals surface area contributed by atoms with Gasteiger partial charge in [0.25, 0.3) is 0 Å². The van der Waals surface area contributed by atoms with Gasteiger partial charge in [0.05, 0.1) is 6.54 Å². The van der Waals surface area contributed by atoms with Gasteiger partial charge in [0.15, 0.2) is 0 Å². The van der Waals surface area contributed by atoms with Crippen LogP contribution >= 0.6 is 0 Å². The molecule has 76 valence electrons. The molecule has 0 aliphatic carbocycles. The molecular formula is C9H18ClN3. The zero-order valence-electron chi connectivity index (χ0n) is 8.12. The number of hydrogen-bond donors (Lipinski definition) is 1. The molecule has 1 aromatic heterocycles. The van der Waals surface area contributed by atoms with Gasteiger partial charge in [-0.15, -0.1) is 0 Å². The minimum Gasteiger partial charge on any atom is -1.00 e. The molecule has 0 fully saturated rings. The fraction of sp³-hybridized carbons (Fsp3) is 0.667. The Bertz CT molecular complexity index is 222. The van der Waals surface area contributed by atoms with E-state index in [1.165, 1.54) is 12.8 Å². The topological polar surface area (TPSA) is 34.8 Å². The van der Waals surface area contributed by atoms with E-state index in [4.69, 9.17) is 5.73 Å². The molecule has 0 amide bonds. The van der Waals surface area contributed by atoms with Gasteiger partial charge in [0.1, 0.15) is 18.9 Å². The molecule has 0 atom stereocenters. The molecule has 13 heavy (non-hydrogen) atoms. The van der Waals surface area contributed by atoms with Crippen LogP contribution in [0, 0.1) is 0 Å². The van der Waals surface area contributed by atoms with E-state index in [1.54, 1.807) is 0 Å². The number of rotatable bonds is 5. The van der Waals surface area contributed by atoms with E-state index in [-0.39, 0.29) is 12.4 Å². The van der Waals surface area contributed by atoms with Crippen LogP contribution in [-0.4, -0.2) is 11.1 Å². The summed E-state index contributed by atoms with van der Waals surface area (Å²) in [5, 5.41) is 0. The lowest BCUT2D eigenvalue weighted by Gasteiger charge is -1.92. The Balaban J connectivity index is 0.00000144. The number of nitrogens with two attached hydrogens (primary N) is 1. The Morgan fingerprint density at radius 3 is 2.85 bits per heavy atom. The second-order valence-corrected chi connectivity index (χ2v) is 3.03. The van der Waals surface area contributed by atoms with Crippen molar-refractivity contribution >= 4 is 0 Å². The third kappa shape index (κ3) is 4.29. The molecule has 4 heteroatoms. The average Bonchev–Trinajstić information content (AvgIpc) is 2.50. The van der Waals surface area contributed by atoms with E-state index in [0.29, 0.717) is 6.54 Å². The smallest absolute Gasteiger partial charge is 0.243 e. The van der Waals surface area contributed by atoms with Crippen molar-refractivity contribution in [1.29, 1.82) is 0 Å². The molecule has 0 aliphatic rings. The van der Waals surface area contributed by atoms with Crippen molar-refractivity contribution in [2.45, 2.75) is 32.9 Å². The third-order valence-corrected chi connectivity index (χ3v) is 1.90. The number of imidazole rings is 1. The first-order valence-corrected chi connectivity index (χ1v) is 4.61. The van der Waals surface area contributed by atoms with E-state index in [2.05, 4.69) is 34.8 Å². The van der Waals surface area contributed by atoms with Crippen molar-refractivity contribution in [3.63, 3.8) is 0 Å². The Kier molecular flexibility index (Phi) is 6.63. The molecule has 0 saturated heterocycles. The maximum absolute atomic E-state index is 5.44. The quantitative estimate of drug-likeness (QED) is 0.530. The van der Waals surface area contributed by atoms with Gasteiger partial charge in [-0.2, -0.15) is 0 Å². The maximum atomic E-state index is 5.44. The zero-order chi connectivity index (χ0) is 8.81. The van der Waals surface area contributed by atoms with Crippen LogP contribution in [0.1, 0.15) is 19.8 Å². The van der Waals surface area contributed by atoms with Gasteiger partial charge >= 0.3 is 0 Å². The van der Waals surface area contributed by atoms with Crippen LogP contribution in [0.2, 0.25) is 0 Å². The summed E-state index contributed by atoms with van der Waals surface area (Å²) in [6.07, 6.45) is 8.78. The van der Waals surface area contributed by atoms with Crippen molar-refractivity contribution in [2.24, 2.45) is 5.73 Å². The summed E-state index contributed by atoms with van der Waals surface area (Å²) in [5.74, 6) is 0. The van der Waals surface area contributed by atoms with Crippen LogP contribution in [-0.2, 0) is 13.1 Å². The summed E-state index contributed by atoms with van der Waals surface area (Å²) >= 11 is 0. The molecule has 1 aromatic rings. The molecule has 1 heterocycles. The highest BCUT2D eigenvalue weighted by atomic mass is 35.5. The summed E-state index contributed by atoms with van der Waals surface area (Å²) in [4.78, 5) is 0. The molecule has 2 N–H and O–H groups in total. The average molecular weight is 204 g/mol. The lowest BCUT2D eigenvalue weighted by molar-refractivity contribution is -0.696. The van der Waals surface area contributed by atoms with Gasteiger partial charge in [-0.05, 0) is 6.42 Å². The highest BCUT2D eigenvalue weighted by Crippen LogP contribution is 1.87. The molecule has 0 aliphatic heterocycles. The predicted octanol–water partition coefficient (Wildman–Crippen LogP) is -2.46. The molecule has 0 aromatic carbocycles. The Morgan fingerprint density at radius 1 is 1.46 bits per heavy atom. The second kappa shape index (κ2) is 6.92. The van der Waals surface area contributed by atoms with Crippen molar-refractivity contribution in [3.8, 4) is 0 Å². The van der Waals surface area contributed by atoms with Crippen molar-refractivity contribution < 1.29 is 17.0 Å². The molecule has 0 unspecified atom stereocenters. The summed E-state index contributed by atoms with van der Waals surface area (Å²) in [5.41, 5.74) is 5.44. The fourth-order valence-electron chi connectivity index (χ4n) is 1.19. The lowest BCUT2D eigenvalue weighted by Crippen LogP contribution is -3.00. The first-order valence-electron chi connectivity index (χ1n) is 4.61. The number of aryl methyl sites for hydroxylation is 1. The van der Waals surface area contributed by atoms with Gasteiger partial charge in [-0.25, -0.2) is 9.13 Å². The standard InChI is InChI=1S/C9H18N3.ClH/c1-2-3-5-11-7-8-12(9-11)6-4-10;/h7-9H,2-6,10H2,1H3;1H/q+1;/p-1. The Hall–Kier alpha value is -0.540. The lowest BCUT2D eigenvalue weighted by atomic mass is 10.3. The highest BCUT2D eigenvalue weighted by molar-refractivity contribution is 4.65. The van der Waals surface area contributed by atoms with Gasteiger partial charge in [-0.1, -0.05) is 13.3 Å². The molecular weight excluding hydrogens is 186 g/mol. The van der Waals surface area contributed by atoms with E-state index in [1.807, 2.05) is 0 Å². The second-order valence-electron chi connectivity index (χ2n) is 3.03. The first-order chi connectivity index (χ1) is 5.86. The van der Waals surface area contributed by atoms with E-state index in [9.17, 15) is 0 Å². The van der Waals surface area contributed by atoms with Crippen LogP contribution in [0.3, 0.4) is 0 Å². The maximum Gasteiger partial charge on any atom is 0.243 e. The minimum atomic E-state index is 0. The van der Waals surface area contributed by atoms with Gasteiger partial charge in [-0.3, -0.25) is 0 Å². The van der Waals surface area contributed by atoms with Gasteiger partial charge < -0.3 is 18.1 Å². The molecule has 0 spiro atoms. The van der Waals surface area contributed by atoms with Crippen LogP contribution in [0.15, 0.2) is 18.7 Å². The van der Waals surface area contributed by atoms with Gasteiger partial charge in [0.2, 0.25) is 6.33 Å². The zero-order valence-corrected chi connectivity index (χ0v) is 8.87. The molecule has 3 nitrogen and oxygen atoms in total. The first kappa shape index (κ1) is 12.5. The number of hydrogen-bond acceptors (Lipinski definition) is 1. The monoisotopic (exact) mass is 203 g/mol. The van der Waals surface area contributed by atoms with Crippen LogP contribution in [0.4, 0.5) is 0 Å². The summed E-state index contributed by atoms with van der Waals surface area (Å²) < 4.78 is 4.33. The molecule has 1 rings (SSSR count). The molecule has 0 saturated carbocycles. The summed E-state index contributed by atoms with van der Waals surface area (Å²) in [7, 11) is 0. The Labute approximate surface area is 86.0 Å². The van der Waals surface area contributed by atoms with E-state index in [0.717, 1.165) is 13.1 Å².